The fraction of sp³-hybridized carbons (Fsp3) is 0.213. The van der Waals surface area contributed by atoms with Crippen LogP contribution in [0.3, 0.4) is 0 Å². The Morgan fingerprint density at radius 2 is 1.71 bits per heavy atom. The highest BCUT2D eigenvalue weighted by molar-refractivity contribution is 6.36. The molecule has 0 spiro atoms. The molecule has 0 bridgehead atoms. The average molecular weight is 805 g/mol. The topological polar surface area (TPSA) is 68.5 Å². The summed E-state index contributed by atoms with van der Waals surface area (Å²) in [5.74, 6) is -0.220. The number of amidine groups is 1. The number of alkyl halides is 6. The fourth-order valence-electron chi connectivity index (χ4n) is 7.09. The van der Waals surface area contributed by atoms with E-state index in [1.54, 1.807) is 53.9 Å². The third-order valence-electron chi connectivity index (χ3n) is 10.1. The van der Waals surface area contributed by atoms with Gasteiger partial charge in [-0.2, -0.15) is 26.3 Å². The highest BCUT2D eigenvalue weighted by Gasteiger charge is 2.37. The molecule has 0 saturated carbocycles. The van der Waals surface area contributed by atoms with Crippen LogP contribution in [0.25, 0.3) is 22.3 Å². The van der Waals surface area contributed by atoms with E-state index in [0.717, 1.165) is 51.6 Å². The van der Waals surface area contributed by atoms with Crippen molar-refractivity contribution in [3.05, 3.63) is 167 Å². The minimum absolute atomic E-state index is 0.0557. The van der Waals surface area contributed by atoms with Gasteiger partial charge in [-0.3, -0.25) is 15.2 Å². The number of allylic oxidation sites excluding steroid dienone is 6. The third-order valence-corrected chi connectivity index (χ3v) is 10.1. The van der Waals surface area contributed by atoms with Crippen LogP contribution in [0.4, 0.5) is 43.7 Å². The van der Waals surface area contributed by atoms with Gasteiger partial charge in [0.05, 0.1) is 11.5 Å². The number of halogens is 6. The standard InChI is InChI=1S/C47H42F6N6/c1-7-8-22-55-33(6)58(37-15-10-9-13-35(14-11-16-37)46(48,49)50)44-32(5)24-34(28-57-44)41-26-29(2)40(25-31(41)4)30(3)27-42-39-17-12-23-56-45(39)59(43(42)54)38-20-18-36(19-21-38)47(51,52)53/h7-8,10,12-13,16-28,35,54H,3,6,11,14-15H2,1-2,4-5H3/b8-7-,37-16+,42-27-,54-43?,55-22-. The van der Waals surface area contributed by atoms with Crippen molar-refractivity contribution in [2.45, 2.75) is 59.3 Å². The first kappa shape index (κ1) is 42.1. The van der Waals surface area contributed by atoms with Crippen LogP contribution in [0.2, 0.25) is 0 Å². The predicted octanol–water partition coefficient (Wildman–Crippen LogP) is 13.2. The van der Waals surface area contributed by atoms with Gasteiger partial charge >= 0.3 is 12.4 Å². The van der Waals surface area contributed by atoms with Crippen molar-refractivity contribution in [1.29, 1.82) is 5.41 Å². The van der Waals surface area contributed by atoms with Crippen molar-refractivity contribution in [1.82, 2.24) is 9.97 Å². The number of aromatic nitrogens is 2. The molecule has 6 nitrogen and oxygen atoms in total. The third kappa shape index (κ3) is 9.13. The van der Waals surface area contributed by atoms with Gasteiger partial charge in [-0.1, -0.05) is 37.4 Å². The molecule has 2 aromatic carbocycles. The summed E-state index contributed by atoms with van der Waals surface area (Å²) in [6.45, 7) is 16.3. The molecule has 1 atom stereocenters. The fourth-order valence-corrected chi connectivity index (χ4v) is 7.09. The molecule has 3 heterocycles. The summed E-state index contributed by atoms with van der Waals surface area (Å²) >= 11 is 0. The number of anilines is 3. The Labute approximate surface area is 339 Å². The number of pyridine rings is 2. The molecule has 2 aromatic heterocycles. The molecule has 2 aliphatic rings. The Morgan fingerprint density at radius 1 is 0.966 bits per heavy atom. The van der Waals surface area contributed by atoms with E-state index in [2.05, 4.69) is 28.9 Å². The molecule has 6 rings (SSSR count). The van der Waals surface area contributed by atoms with Gasteiger partial charge in [-0.05, 0) is 141 Å². The number of hydrogen-bond acceptors (Lipinski definition) is 5. The predicted molar refractivity (Wildman–Crippen MR) is 225 cm³/mol. The number of fused-ring (bicyclic) bond motifs is 1. The molecule has 0 fully saturated rings. The van der Waals surface area contributed by atoms with Gasteiger partial charge in [0.25, 0.3) is 0 Å². The molecular weight excluding hydrogens is 763 g/mol. The zero-order valence-electron chi connectivity index (χ0n) is 33.0. The van der Waals surface area contributed by atoms with Crippen molar-refractivity contribution >= 4 is 40.5 Å². The number of benzene rings is 2. The molecule has 302 valence electrons. The maximum absolute atomic E-state index is 13.6. The largest absolute Gasteiger partial charge is 0.416 e. The van der Waals surface area contributed by atoms with Gasteiger partial charge in [0.2, 0.25) is 0 Å². The molecule has 0 radical (unpaired) electrons. The molecule has 1 N–H and O–H groups in total. The summed E-state index contributed by atoms with van der Waals surface area (Å²) in [7, 11) is 0. The van der Waals surface area contributed by atoms with Gasteiger partial charge in [-0.15, -0.1) is 5.73 Å². The molecule has 0 amide bonds. The maximum atomic E-state index is 13.6. The first-order chi connectivity index (χ1) is 28.0. The lowest BCUT2D eigenvalue weighted by Gasteiger charge is -2.27. The number of rotatable bonds is 9. The summed E-state index contributed by atoms with van der Waals surface area (Å²) in [5, 5.41) is 9.10. The second-order valence-electron chi connectivity index (χ2n) is 14.3. The van der Waals surface area contributed by atoms with Crippen molar-refractivity contribution in [3.63, 3.8) is 0 Å². The first-order valence-electron chi connectivity index (χ1n) is 18.8. The maximum Gasteiger partial charge on any atom is 0.416 e. The van der Waals surface area contributed by atoms with Crippen molar-refractivity contribution < 1.29 is 26.3 Å². The lowest BCUT2D eigenvalue weighted by Crippen LogP contribution is -2.23. The van der Waals surface area contributed by atoms with E-state index >= 15 is 0 Å². The minimum atomic E-state index is -4.49. The lowest BCUT2D eigenvalue weighted by atomic mass is 9.91. The Kier molecular flexibility index (Phi) is 12.2. The summed E-state index contributed by atoms with van der Waals surface area (Å²) in [5.41, 5.74) is 10.1. The van der Waals surface area contributed by atoms with Crippen LogP contribution in [0, 0.1) is 32.1 Å². The molecule has 4 aromatic rings. The zero-order valence-corrected chi connectivity index (χ0v) is 33.0. The molecule has 1 aliphatic heterocycles. The quantitative estimate of drug-likeness (QED) is 0.104. The zero-order chi connectivity index (χ0) is 42.6. The van der Waals surface area contributed by atoms with E-state index in [1.807, 2.05) is 58.0 Å². The van der Waals surface area contributed by atoms with Gasteiger partial charge in [0.15, 0.2) is 0 Å². The number of aliphatic imine (C=N–C) groups is 1. The van der Waals surface area contributed by atoms with Crippen LogP contribution in [0.5, 0.6) is 0 Å². The van der Waals surface area contributed by atoms with Crippen LogP contribution in [0.15, 0.2) is 139 Å². The van der Waals surface area contributed by atoms with E-state index in [-0.39, 0.29) is 25.1 Å². The van der Waals surface area contributed by atoms with Gasteiger partial charge < -0.3 is 0 Å². The molecular formula is C47H42F6N6. The smallest absolute Gasteiger partial charge is 0.283 e. The highest BCUT2D eigenvalue weighted by atomic mass is 19.4. The average Bonchev–Trinajstić information content (AvgIpc) is 3.52. The highest BCUT2D eigenvalue weighted by Crippen LogP contribution is 2.43. The molecule has 12 heteroatoms. The summed E-state index contributed by atoms with van der Waals surface area (Å²) in [4.78, 5) is 17.1. The molecule has 0 saturated heterocycles. The van der Waals surface area contributed by atoms with E-state index in [4.69, 9.17) is 10.4 Å². The van der Waals surface area contributed by atoms with E-state index in [0.29, 0.717) is 45.6 Å². The van der Waals surface area contributed by atoms with E-state index in [9.17, 15) is 26.3 Å². The molecule has 1 unspecified atom stereocenters. The Morgan fingerprint density at radius 3 is 2.39 bits per heavy atom. The van der Waals surface area contributed by atoms with Crippen LogP contribution in [-0.4, -0.2) is 28.2 Å². The van der Waals surface area contributed by atoms with Crippen LogP contribution < -0.4 is 9.80 Å². The summed E-state index contributed by atoms with van der Waals surface area (Å²) < 4.78 is 80.7. The first-order valence-corrected chi connectivity index (χ1v) is 18.8. The second kappa shape index (κ2) is 17.1. The lowest BCUT2D eigenvalue weighted by molar-refractivity contribution is -0.162. The van der Waals surface area contributed by atoms with Gasteiger partial charge in [0.1, 0.15) is 23.3 Å². The Hall–Kier alpha value is -6.52. The molecule has 59 heavy (non-hydrogen) atoms. The molecule has 1 aliphatic carbocycles. The number of nitrogens with zero attached hydrogens (tertiary/aromatic N) is 5. The van der Waals surface area contributed by atoms with Gasteiger partial charge in [-0.25, -0.2) is 15.0 Å². The minimum Gasteiger partial charge on any atom is -0.283 e. The van der Waals surface area contributed by atoms with Crippen molar-refractivity contribution in [2.75, 3.05) is 9.80 Å². The number of aryl methyl sites for hydroxylation is 3. The van der Waals surface area contributed by atoms with Crippen LogP contribution in [-0.2, 0) is 6.18 Å². The van der Waals surface area contributed by atoms with E-state index < -0.39 is 23.8 Å². The van der Waals surface area contributed by atoms with Crippen molar-refractivity contribution in [2.24, 2.45) is 10.9 Å². The SMILES string of the molecule is C=C(/C=C1\C(=N)N(c2ccc(C(F)(F)F)cc2)c2ncccc21)c1cc(C)c(-c2cnc(N(C(=C)/N=C\C=C/C)/C3=C/CCC(C(F)(F)F)C=C=CC3)c(C)c2)cc1C. The summed E-state index contributed by atoms with van der Waals surface area (Å²) in [6.07, 6.45) is 6.24. The van der Waals surface area contributed by atoms with Crippen LogP contribution >= 0.6 is 0 Å². The Balaban J connectivity index is 1.30. The van der Waals surface area contributed by atoms with Gasteiger partial charge in [0, 0.05) is 53.1 Å². The van der Waals surface area contributed by atoms with Crippen molar-refractivity contribution in [3.8, 4) is 11.1 Å². The number of nitrogens with one attached hydrogen (secondary N) is 1. The normalized spacial score (nSPS) is 17.6. The van der Waals surface area contributed by atoms with E-state index in [1.165, 1.54) is 17.0 Å². The van der Waals surface area contributed by atoms with Crippen LogP contribution in [0.1, 0.15) is 59.6 Å². The Bertz CT molecular complexity index is 2500. The summed E-state index contributed by atoms with van der Waals surface area (Å²) in [6, 6.07) is 14.3. The number of hydrogen-bond donors (Lipinski definition) is 1. The second-order valence-corrected chi connectivity index (χ2v) is 14.3. The monoisotopic (exact) mass is 804 g/mol.